The third-order valence-electron chi connectivity index (χ3n) is 6.94. The fraction of sp³-hybridized carbons (Fsp3) is 0.226. The van der Waals surface area contributed by atoms with E-state index in [4.69, 9.17) is 16.3 Å². The van der Waals surface area contributed by atoms with Crippen LogP contribution in [0.25, 0.3) is 11.1 Å². The molecule has 0 radical (unpaired) electrons. The maximum Gasteiger partial charge on any atom is 0.259 e. The number of carbonyl (C=O) groups is 2. The molecule has 2 amide bonds. The quantitative estimate of drug-likeness (QED) is 0.211. The summed E-state index contributed by atoms with van der Waals surface area (Å²) in [5.74, 6) is -1.13. The Balaban J connectivity index is 1.26. The molecule has 2 aromatic carbocycles. The van der Waals surface area contributed by atoms with Crippen molar-refractivity contribution in [2.24, 2.45) is 0 Å². The van der Waals surface area contributed by atoms with E-state index >= 15 is 0 Å². The zero-order chi connectivity index (χ0) is 29.5. The maximum atomic E-state index is 13.1. The largest absolute Gasteiger partial charge is 0.506 e. The van der Waals surface area contributed by atoms with Crippen LogP contribution in [0.5, 0.6) is 5.75 Å². The van der Waals surface area contributed by atoms with Gasteiger partial charge in [0.2, 0.25) is 0 Å². The first-order valence-corrected chi connectivity index (χ1v) is 14.0. The lowest BCUT2D eigenvalue weighted by molar-refractivity contribution is 0.0281. The number of rotatable bonds is 9. The monoisotopic (exact) mass is 587 g/mol. The van der Waals surface area contributed by atoms with Crippen molar-refractivity contribution in [3.05, 3.63) is 106 Å². The summed E-state index contributed by atoms with van der Waals surface area (Å²) in [5, 5.41) is 19.4. The van der Waals surface area contributed by atoms with Gasteiger partial charge in [0.25, 0.3) is 17.4 Å². The minimum Gasteiger partial charge on any atom is -0.506 e. The number of halogens is 1. The Morgan fingerprint density at radius 2 is 1.79 bits per heavy atom. The van der Waals surface area contributed by atoms with E-state index in [0.717, 1.165) is 25.9 Å². The number of ether oxygens (including phenoxy) is 1. The van der Waals surface area contributed by atoms with Crippen LogP contribution in [-0.4, -0.2) is 52.3 Å². The highest BCUT2D eigenvalue weighted by molar-refractivity contribution is 6.30. The minimum absolute atomic E-state index is 0.0457. The smallest absolute Gasteiger partial charge is 0.259 e. The van der Waals surface area contributed by atoms with E-state index in [1.807, 2.05) is 6.07 Å². The second-order valence-corrected chi connectivity index (χ2v) is 10.2. The number of para-hydroxylation sites is 1. The van der Waals surface area contributed by atoms with Crippen molar-refractivity contribution >= 4 is 34.9 Å². The van der Waals surface area contributed by atoms with Crippen LogP contribution >= 0.6 is 11.6 Å². The Morgan fingerprint density at radius 3 is 2.52 bits per heavy atom. The standard InChI is InChI=1S/C31H30ClN5O5/c32-22-10-11-27(34-19-22)35-30(40)25-3-1-5-26(38)28(25)36-29(39)21-8-6-20(7-9-21)24-4-2-16-37(31(24)41)17-18-42-23-12-14-33-15-13-23/h1-11,16,19,23,33,38H,12-15,17-18H2,(H,36,39)(H,34,35,40). The molecule has 42 heavy (non-hydrogen) atoms. The van der Waals surface area contributed by atoms with Crippen LogP contribution in [0.1, 0.15) is 33.6 Å². The molecule has 5 rings (SSSR count). The SMILES string of the molecule is O=C(Nc1c(O)cccc1C(=O)Nc1ccc(Cl)cn1)c1ccc(-c2cccn(CCOC3CCNCC3)c2=O)cc1. The number of phenolic OH excluding ortho intramolecular Hbond substituents is 1. The summed E-state index contributed by atoms with van der Waals surface area (Å²) in [4.78, 5) is 43.2. The third kappa shape index (κ3) is 7.03. The highest BCUT2D eigenvalue weighted by Gasteiger charge is 2.19. The lowest BCUT2D eigenvalue weighted by atomic mass is 10.0. The van der Waals surface area contributed by atoms with Gasteiger partial charge in [-0.25, -0.2) is 4.98 Å². The second kappa shape index (κ2) is 13.4. The Kier molecular flexibility index (Phi) is 9.28. The summed E-state index contributed by atoms with van der Waals surface area (Å²) < 4.78 is 7.58. The lowest BCUT2D eigenvalue weighted by Gasteiger charge is -2.23. The second-order valence-electron chi connectivity index (χ2n) is 9.79. The average Bonchev–Trinajstić information content (AvgIpc) is 3.01. The molecule has 2 aromatic heterocycles. The van der Waals surface area contributed by atoms with Crippen LogP contribution in [0.3, 0.4) is 0 Å². The van der Waals surface area contributed by atoms with Crippen molar-refractivity contribution in [2.45, 2.75) is 25.5 Å². The summed E-state index contributed by atoms with van der Waals surface area (Å²) in [6.07, 6.45) is 5.28. The number of phenols is 1. The molecule has 0 spiro atoms. The van der Waals surface area contributed by atoms with E-state index in [0.29, 0.717) is 29.3 Å². The normalized spacial score (nSPS) is 13.5. The van der Waals surface area contributed by atoms with Gasteiger partial charge in [0.05, 0.1) is 29.0 Å². The Labute approximate surface area is 247 Å². The fourth-order valence-electron chi connectivity index (χ4n) is 4.69. The highest BCUT2D eigenvalue weighted by atomic mass is 35.5. The molecule has 4 aromatic rings. The number of carbonyl (C=O) groups excluding carboxylic acids is 2. The van der Waals surface area contributed by atoms with Gasteiger partial charge in [-0.15, -0.1) is 0 Å². The number of hydrogen-bond acceptors (Lipinski definition) is 7. The molecule has 0 bridgehead atoms. The van der Waals surface area contributed by atoms with Crippen molar-refractivity contribution in [3.63, 3.8) is 0 Å². The summed E-state index contributed by atoms with van der Waals surface area (Å²) in [6.45, 7) is 2.79. The first kappa shape index (κ1) is 29.0. The fourth-order valence-corrected chi connectivity index (χ4v) is 4.81. The number of pyridine rings is 2. The number of aromatic hydroxyl groups is 1. The van der Waals surface area contributed by atoms with E-state index in [9.17, 15) is 19.5 Å². The molecule has 0 unspecified atom stereocenters. The predicted octanol–water partition coefficient (Wildman–Crippen LogP) is 4.54. The molecule has 1 saturated heterocycles. The molecular weight excluding hydrogens is 558 g/mol. The number of nitrogens with zero attached hydrogens (tertiary/aromatic N) is 2. The van der Waals surface area contributed by atoms with E-state index < -0.39 is 11.8 Å². The number of hydrogen-bond donors (Lipinski definition) is 4. The summed E-state index contributed by atoms with van der Waals surface area (Å²) in [7, 11) is 0. The van der Waals surface area contributed by atoms with Gasteiger partial charge in [-0.3, -0.25) is 14.4 Å². The molecular formula is C31H30ClN5O5. The Bertz CT molecular complexity index is 1620. The molecule has 1 aliphatic rings. The van der Waals surface area contributed by atoms with Gasteiger partial charge in [-0.1, -0.05) is 29.8 Å². The number of aromatic nitrogens is 2. The zero-order valence-corrected chi connectivity index (χ0v) is 23.4. The zero-order valence-electron chi connectivity index (χ0n) is 22.7. The number of nitrogens with one attached hydrogen (secondary N) is 3. The van der Waals surface area contributed by atoms with Crippen molar-refractivity contribution in [2.75, 3.05) is 30.3 Å². The molecule has 3 heterocycles. The van der Waals surface area contributed by atoms with Gasteiger partial charge in [-0.05, 0) is 80.0 Å². The van der Waals surface area contributed by atoms with Gasteiger partial charge in [0, 0.05) is 30.1 Å². The summed E-state index contributed by atoms with van der Waals surface area (Å²) >= 11 is 5.85. The first-order valence-electron chi connectivity index (χ1n) is 13.6. The average molecular weight is 588 g/mol. The predicted molar refractivity (Wildman–Crippen MR) is 161 cm³/mol. The van der Waals surface area contributed by atoms with Crippen LogP contribution in [0, 0.1) is 0 Å². The lowest BCUT2D eigenvalue weighted by Crippen LogP contribution is -2.33. The maximum absolute atomic E-state index is 13.1. The van der Waals surface area contributed by atoms with Crippen LogP contribution in [0.15, 0.2) is 83.9 Å². The van der Waals surface area contributed by atoms with Crippen molar-refractivity contribution < 1.29 is 19.4 Å². The molecule has 0 saturated carbocycles. The molecule has 11 heteroatoms. The van der Waals surface area contributed by atoms with Crippen LogP contribution < -0.4 is 21.5 Å². The molecule has 10 nitrogen and oxygen atoms in total. The first-order chi connectivity index (χ1) is 20.4. The van der Waals surface area contributed by atoms with E-state index in [1.165, 1.54) is 30.5 Å². The van der Waals surface area contributed by atoms with Gasteiger partial charge >= 0.3 is 0 Å². The molecule has 1 aliphatic heterocycles. The number of anilines is 2. The van der Waals surface area contributed by atoms with E-state index in [-0.39, 0.29) is 40.0 Å². The number of benzene rings is 2. The Morgan fingerprint density at radius 1 is 1.00 bits per heavy atom. The van der Waals surface area contributed by atoms with E-state index in [1.54, 1.807) is 47.2 Å². The van der Waals surface area contributed by atoms with Gasteiger partial charge in [0.15, 0.2) is 0 Å². The van der Waals surface area contributed by atoms with E-state index in [2.05, 4.69) is 20.9 Å². The summed E-state index contributed by atoms with van der Waals surface area (Å²) in [6, 6.07) is 17.5. The van der Waals surface area contributed by atoms with Crippen molar-refractivity contribution in [3.8, 4) is 16.9 Å². The van der Waals surface area contributed by atoms with Gasteiger partial charge in [0.1, 0.15) is 11.6 Å². The molecule has 4 N–H and O–H groups in total. The van der Waals surface area contributed by atoms with Gasteiger partial charge < -0.3 is 30.4 Å². The minimum atomic E-state index is -0.576. The summed E-state index contributed by atoms with van der Waals surface area (Å²) in [5.41, 5.74) is 1.29. The number of piperidine rings is 1. The molecule has 0 aliphatic carbocycles. The highest BCUT2D eigenvalue weighted by Crippen LogP contribution is 2.29. The van der Waals surface area contributed by atoms with Crippen LogP contribution in [-0.2, 0) is 11.3 Å². The van der Waals surface area contributed by atoms with Crippen molar-refractivity contribution in [1.82, 2.24) is 14.9 Å². The molecule has 0 atom stereocenters. The molecule has 1 fully saturated rings. The third-order valence-corrected chi connectivity index (χ3v) is 7.17. The topological polar surface area (TPSA) is 135 Å². The number of amides is 2. The van der Waals surface area contributed by atoms with Gasteiger partial charge in [-0.2, -0.15) is 0 Å². The van der Waals surface area contributed by atoms with Crippen molar-refractivity contribution in [1.29, 1.82) is 0 Å². The van der Waals surface area contributed by atoms with Crippen LogP contribution in [0.4, 0.5) is 11.5 Å². The Hall–Kier alpha value is -4.51. The molecule has 216 valence electrons. The van der Waals surface area contributed by atoms with Crippen LogP contribution in [0.2, 0.25) is 5.02 Å².